The van der Waals surface area contributed by atoms with Gasteiger partial charge in [0.1, 0.15) is 6.54 Å². The van der Waals surface area contributed by atoms with Gasteiger partial charge < -0.3 is 20.1 Å². The SMILES string of the molecule is CCOc1ccc(NC(=O)CN2C(=O)NC(c3ccccc3)(c3ccccc3)C2=O)cc1OCC. The second-order valence-corrected chi connectivity index (χ2v) is 7.88. The van der Waals surface area contributed by atoms with Gasteiger partial charge >= 0.3 is 6.03 Å². The number of carbonyl (C=O) groups is 3. The number of benzene rings is 3. The Hall–Kier alpha value is -4.33. The van der Waals surface area contributed by atoms with Crippen LogP contribution in [0.3, 0.4) is 0 Å². The lowest BCUT2D eigenvalue weighted by atomic mass is 9.82. The summed E-state index contributed by atoms with van der Waals surface area (Å²) < 4.78 is 11.1. The van der Waals surface area contributed by atoms with Crippen molar-refractivity contribution < 1.29 is 23.9 Å². The molecular formula is C27H27N3O5. The number of nitrogens with zero attached hydrogens (tertiary/aromatic N) is 1. The predicted octanol–water partition coefficient (Wildman–Crippen LogP) is 3.92. The molecule has 1 fully saturated rings. The summed E-state index contributed by atoms with van der Waals surface area (Å²) in [7, 11) is 0. The number of carbonyl (C=O) groups excluding carboxylic acids is 3. The molecule has 1 saturated heterocycles. The molecule has 4 rings (SSSR count). The van der Waals surface area contributed by atoms with Gasteiger partial charge in [0.2, 0.25) is 5.91 Å². The van der Waals surface area contributed by atoms with Crippen LogP contribution in [0.15, 0.2) is 78.9 Å². The number of imide groups is 1. The van der Waals surface area contributed by atoms with Gasteiger partial charge in [-0.15, -0.1) is 0 Å². The number of hydrogen-bond acceptors (Lipinski definition) is 5. The minimum atomic E-state index is -1.42. The lowest BCUT2D eigenvalue weighted by molar-refractivity contribution is -0.133. The van der Waals surface area contributed by atoms with E-state index in [2.05, 4.69) is 10.6 Å². The number of ether oxygens (including phenoxy) is 2. The summed E-state index contributed by atoms with van der Waals surface area (Å²) >= 11 is 0. The maximum Gasteiger partial charge on any atom is 0.326 e. The van der Waals surface area contributed by atoms with E-state index in [1.54, 1.807) is 66.7 Å². The van der Waals surface area contributed by atoms with Crippen molar-refractivity contribution in [3.63, 3.8) is 0 Å². The maximum absolute atomic E-state index is 13.7. The summed E-state index contributed by atoms with van der Waals surface area (Å²) in [4.78, 5) is 40.5. The fraction of sp³-hybridized carbons (Fsp3) is 0.222. The lowest BCUT2D eigenvalue weighted by Gasteiger charge is -2.28. The topological polar surface area (TPSA) is 97.0 Å². The lowest BCUT2D eigenvalue weighted by Crippen LogP contribution is -2.45. The number of amides is 4. The highest BCUT2D eigenvalue weighted by molar-refractivity contribution is 6.12. The van der Waals surface area contributed by atoms with E-state index in [4.69, 9.17) is 9.47 Å². The van der Waals surface area contributed by atoms with Gasteiger partial charge in [-0.3, -0.25) is 14.5 Å². The Morgan fingerprint density at radius 2 is 1.43 bits per heavy atom. The molecule has 3 aromatic carbocycles. The molecule has 1 aliphatic rings. The molecule has 0 bridgehead atoms. The van der Waals surface area contributed by atoms with Crippen LogP contribution in [0.25, 0.3) is 0 Å². The average molecular weight is 474 g/mol. The van der Waals surface area contributed by atoms with Crippen LogP contribution < -0.4 is 20.1 Å². The van der Waals surface area contributed by atoms with Crippen LogP contribution in [0.5, 0.6) is 11.5 Å². The van der Waals surface area contributed by atoms with Crippen molar-refractivity contribution in [2.45, 2.75) is 19.4 Å². The zero-order valence-corrected chi connectivity index (χ0v) is 19.6. The standard InChI is InChI=1S/C27H27N3O5/c1-3-34-22-16-15-21(17-23(22)35-4-2)28-24(31)18-30-25(32)27(29-26(30)33,19-11-7-5-8-12-19)20-13-9-6-10-14-20/h5-17H,3-4,18H2,1-2H3,(H,28,31)(H,29,33). The van der Waals surface area contributed by atoms with Crippen LogP contribution in [-0.4, -0.2) is 42.5 Å². The van der Waals surface area contributed by atoms with Gasteiger partial charge in [0.25, 0.3) is 5.91 Å². The van der Waals surface area contributed by atoms with Crippen molar-refractivity contribution in [2.24, 2.45) is 0 Å². The third kappa shape index (κ3) is 4.68. The van der Waals surface area contributed by atoms with Crippen molar-refractivity contribution in [1.29, 1.82) is 0 Å². The van der Waals surface area contributed by atoms with Gasteiger partial charge in [-0.05, 0) is 37.1 Å². The quantitative estimate of drug-likeness (QED) is 0.459. The summed E-state index contributed by atoms with van der Waals surface area (Å²) in [6.45, 7) is 4.19. The van der Waals surface area contributed by atoms with E-state index in [-0.39, 0.29) is 0 Å². The van der Waals surface area contributed by atoms with Gasteiger partial charge in [-0.1, -0.05) is 60.7 Å². The summed E-state index contributed by atoms with van der Waals surface area (Å²) in [6.07, 6.45) is 0. The molecule has 0 atom stereocenters. The molecule has 0 unspecified atom stereocenters. The van der Waals surface area contributed by atoms with E-state index < -0.39 is 29.9 Å². The number of nitrogens with one attached hydrogen (secondary N) is 2. The first-order valence-corrected chi connectivity index (χ1v) is 11.4. The molecule has 3 aromatic rings. The van der Waals surface area contributed by atoms with Crippen molar-refractivity contribution in [3.8, 4) is 11.5 Å². The smallest absolute Gasteiger partial charge is 0.326 e. The molecule has 4 amide bonds. The molecular weight excluding hydrogens is 446 g/mol. The van der Waals surface area contributed by atoms with Crippen LogP contribution in [0.1, 0.15) is 25.0 Å². The fourth-order valence-corrected chi connectivity index (χ4v) is 4.13. The monoisotopic (exact) mass is 473 g/mol. The van der Waals surface area contributed by atoms with E-state index in [1.165, 1.54) is 0 Å². The zero-order valence-electron chi connectivity index (χ0n) is 19.6. The second-order valence-electron chi connectivity index (χ2n) is 7.88. The Kier molecular flexibility index (Phi) is 7.01. The minimum absolute atomic E-state index is 0.432. The summed E-state index contributed by atoms with van der Waals surface area (Å²) in [6, 6.07) is 22.4. The Labute approximate surface area is 203 Å². The second kappa shape index (κ2) is 10.3. The summed E-state index contributed by atoms with van der Waals surface area (Å²) in [5.74, 6) is 0.0278. The number of urea groups is 1. The zero-order chi connectivity index (χ0) is 24.8. The third-order valence-corrected chi connectivity index (χ3v) is 5.65. The Bertz CT molecular complexity index is 1170. The first-order valence-electron chi connectivity index (χ1n) is 11.4. The van der Waals surface area contributed by atoms with Crippen molar-refractivity contribution in [3.05, 3.63) is 90.0 Å². The molecule has 0 spiro atoms. The normalized spacial score (nSPS) is 14.4. The van der Waals surface area contributed by atoms with E-state index in [9.17, 15) is 14.4 Å². The molecule has 0 radical (unpaired) electrons. The van der Waals surface area contributed by atoms with Crippen LogP contribution >= 0.6 is 0 Å². The van der Waals surface area contributed by atoms with Crippen molar-refractivity contribution >= 4 is 23.5 Å². The van der Waals surface area contributed by atoms with Crippen LogP contribution in [0.4, 0.5) is 10.5 Å². The molecule has 1 heterocycles. The molecule has 8 nitrogen and oxygen atoms in total. The fourth-order valence-electron chi connectivity index (χ4n) is 4.13. The Morgan fingerprint density at radius 1 is 0.857 bits per heavy atom. The summed E-state index contributed by atoms with van der Waals surface area (Å²) in [5.41, 5.74) is 0.272. The van der Waals surface area contributed by atoms with Crippen LogP contribution in [0.2, 0.25) is 0 Å². The first kappa shape index (κ1) is 23.8. The van der Waals surface area contributed by atoms with Crippen LogP contribution in [-0.2, 0) is 15.1 Å². The Morgan fingerprint density at radius 3 is 2.00 bits per heavy atom. The van der Waals surface area contributed by atoms with Gasteiger partial charge in [-0.25, -0.2) is 4.79 Å². The molecule has 8 heteroatoms. The molecule has 1 aliphatic heterocycles. The highest BCUT2D eigenvalue weighted by Gasteiger charge is 2.54. The van der Waals surface area contributed by atoms with Gasteiger partial charge in [0, 0.05) is 11.8 Å². The highest BCUT2D eigenvalue weighted by Crippen LogP contribution is 2.36. The summed E-state index contributed by atoms with van der Waals surface area (Å²) in [5, 5.41) is 5.57. The molecule has 0 aliphatic carbocycles. The molecule has 180 valence electrons. The molecule has 2 N–H and O–H groups in total. The average Bonchev–Trinajstić information content (AvgIpc) is 3.12. The van der Waals surface area contributed by atoms with E-state index in [0.717, 1.165) is 4.90 Å². The molecule has 0 aromatic heterocycles. The third-order valence-electron chi connectivity index (χ3n) is 5.65. The van der Waals surface area contributed by atoms with E-state index in [1.807, 2.05) is 26.0 Å². The van der Waals surface area contributed by atoms with Gasteiger partial charge in [0.05, 0.1) is 13.2 Å². The molecule has 35 heavy (non-hydrogen) atoms. The van der Waals surface area contributed by atoms with E-state index in [0.29, 0.717) is 41.5 Å². The minimum Gasteiger partial charge on any atom is -0.490 e. The highest BCUT2D eigenvalue weighted by atomic mass is 16.5. The van der Waals surface area contributed by atoms with Crippen molar-refractivity contribution in [2.75, 3.05) is 25.1 Å². The van der Waals surface area contributed by atoms with E-state index >= 15 is 0 Å². The van der Waals surface area contributed by atoms with Gasteiger partial charge in [-0.2, -0.15) is 0 Å². The van der Waals surface area contributed by atoms with Gasteiger partial charge in [0.15, 0.2) is 17.0 Å². The number of rotatable bonds is 9. The predicted molar refractivity (Wildman–Crippen MR) is 131 cm³/mol. The van der Waals surface area contributed by atoms with Crippen molar-refractivity contribution in [1.82, 2.24) is 10.2 Å². The van der Waals surface area contributed by atoms with Crippen LogP contribution in [0, 0.1) is 0 Å². The first-order chi connectivity index (χ1) is 17.0. The number of anilines is 1. The maximum atomic E-state index is 13.7. The Balaban J connectivity index is 1.57. The molecule has 0 saturated carbocycles. The largest absolute Gasteiger partial charge is 0.490 e. The number of hydrogen-bond donors (Lipinski definition) is 2.